The van der Waals surface area contributed by atoms with Crippen LogP contribution in [0.4, 0.5) is 11.4 Å². The quantitative estimate of drug-likeness (QED) is 0.433. The van der Waals surface area contributed by atoms with Gasteiger partial charge in [0.2, 0.25) is 5.91 Å². The first-order valence-corrected chi connectivity index (χ1v) is 11.4. The van der Waals surface area contributed by atoms with Gasteiger partial charge in [-0.15, -0.1) is 0 Å². The van der Waals surface area contributed by atoms with Crippen LogP contribution in [-0.4, -0.2) is 17.9 Å². The molecule has 5 nitrogen and oxygen atoms in total. The van der Waals surface area contributed by atoms with E-state index in [9.17, 15) is 9.59 Å². The van der Waals surface area contributed by atoms with E-state index in [-0.39, 0.29) is 11.8 Å². The van der Waals surface area contributed by atoms with Crippen LogP contribution in [0.15, 0.2) is 60.7 Å². The zero-order valence-electron chi connectivity index (χ0n) is 18.4. The third-order valence-corrected chi connectivity index (χ3v) is 6.83. The van der Waals surface area contributed by atoms with E-state index in [1.54, 1.807) is 23.3 Å². The maximum Gasteiger partial charge on any atom is 0.266 e. The number of nitrogens with zero attached hydrogens (tertiary/aromatic N) is 2. The minimum absolute atomic E-state index is 0.297. The number of hydrogen-bond acceptors (Lipinski definition) is 4. The fourth-order valence-corrected chi connectivity index (χ4v) is 5.54. The predicted octanol–water partition coefficient (Wildman–Crippen LogP) is 5.97. The molecule has 33 heavy (non-hydrogen) atoms. The van der Waals surface area contributed by atoms with Gasteiger partial charge in [0.1, 0.15) is 5.92 Å². The number of halogens is 2. The molecule has 2 heterocycles. The van der Waals surface area contributed by atoms with Crippen LogP contribution >= 0.6 is 23.2 Å². The first-order chi connectivity index (χ1) is 15.8. The fourth-order valence-electron chi connectivity index (χ4n) is 5.02. The van der Waals surface area contributed by atoms with Crippen molar-refractivity contribution in [3.05, 3.63) is 93.0 Å². The molecule has 0 saturated carbocycles. The number of benzene rings is 3. The number of hydroxylamine groups is 1. The molecule has 168 valence electrons. The average Bonchev–Trinajstić information content (AvgIpc) is 3.26. The first-order valence-electron chi connectivity index (χ1n) is 10.7. The fraction of sp³-hybridized carbons (Fsp3) is 0.231. The molecule has 2 amide bonds. The molecule has 2 aliphatic heterocycles. The summed E-state index contributed by atoms with van der Waals surface area (Å²) in [6.45, 7) is 5.81. The van der Waals surface area contributed by atoms with Crippen LogP contribution in [0.3, 0.4) is 0 Å². The van der Waals surface area contributed by atoms with Crippen LogP contribution < -0.4 is 9.96 Å². The van der Waals surface area contributed by atoms with Gasteiger partial charge in [0, 0.05) is 10.0 Å². The zero-order chi connectivity index (χ0) is 23.4. The summed E-state index contributed by atoms with van der Waals surface area (Å²) in [5, 5.41) is 2.54. The molecule has 2 fully saturated rings. The number of fused-ring (bicyclic) bond motifs is 1. The molecular formula is C26H22Cl2N2O3. The van der Waals surface area contributed by atoms with Crippen LogP contribution in [0.2, 0.25) is 10.0 Å². The molecule has 3 aromatic rings. The number of para-hydroxylation sites is 1. The van der Waals surface area contributed by atoms with Crippen molar-refractivity contribution >= 4 is 46.4 Å². The van der Waals surface area contributed by atoms with Crippen LogP contribution in [0, 0.1) is 26.7 Å². The summed E-state index contributed by atoms with van der Waals surface area (Å²) in [6, 6.07) is 17.9. The summed E-state index contributed by atoms with van der Waals surface area (Å²) in [5.74, 6) is -1.42. The highest BCUT2D eigenvalue weighted by molar-refractivity contribution is 6.35. The second kappa shape index (κ2) is 8.17. The van der Waals surface area contributed by atoms with Gasteiger partial charge in [-0.1, -0.05) is 65.2 Å². The first kappa shape index (κ1) is 22.0. The van der Waals surface area contributed by atoms with E-state index in [1.807, 2.05) is 63.2 Å². The Kier molecular flexibility index (Phi) is 5.44. The van der Waals surface area contributed by atoms with E-state index in [4.69, 9.17) is 28.0 Å². The summed E-state index contributed by atoms with van der Waals surface area (Å²) >= 11 is 12.7. The van der Waals surface area contributed by atoms with Crippen LogP contribution in [0.25, 0.3) is 0 Å². The van der Waals surface area contributed by atoms with Crippen molar-refractivity contribution in [3.63, 3.8) is 0 Å². The number of carbonyl (C=O) groups is 2. The number of hydrogen-bond donors (Lipinski definition) is 0. The van der Waals surface area contributed by atoms with Crippen molar-refractivity contribution in [1.29, 1.82) is 0 Å². The van der Waals surface area contributed by atoms with Gasteiger partial charge in [0.05, 0.1) is 17.4 Å². The smallest absolute Gasteiger partial charge is 0.266 e. The van der Waals surface area contributed by atoms with Gasteiger partial charge in [-0.2, -0.15) is 0 Å². The van der Waals surface area contributed by atoms with Crippen molar-refractivity contribution < 1.29 is 14.4 Å². The van der Waals surface area contributed by atoms with E-state index in [0.29, 0.717) is 21.3 Å². The van der Waals surface area contributed by atoms with Gasteiger partial charge in [0.15, 0.2) is 6.10 Å². The summed E-state index contributed by atoms with van der Waals surface area (Å²) in [7, 11) is 0. The summed E-state index contributed by atoms with van der Waals surface area (Å²) < 4.78 is 0. The van der Waals surface area contributed by atoms with Gasteiger partial charge >= 0.3 is 0 Å². The molecule has 0 N–H and O–H groups in total. The maximum atomic E-state index is 13.9. The van der Waals surface area contributed by atoms with Gasteiger partial charge in [-0.3, -0.25) is 14.4 Å². The average molecular weight is 481 g/mol. The van der Waals surface area contributed by atoms with Crippen molar-refractivity contribution in [2.75, 3.05) is 9.96 Å². The molecule has 5 rings (SSSR count). The monoisotopic (exact) mass is 480 g/mol. The normalized spacial score (nSPS) is 22.3. The molecular weight excluding hydrogens is 459 g/mol. The maximum absolute atomic E-state index is 13.9. The number of rotatable bonds is 3. The summed E-state index contributed by atoms with van der Waals surface area (Å²) in [6.07, 6.45) is -0.949. The Morgan fingerprint density at radius 3 is 2.15 bits per heavy atom. The highest BCUT2D eigenvalue weighted by Gasteiger charge is 2.60. The van der Waals surface area contributed by atoms with Crippen molar-refractivity contribution in [2.45, 2.75) is 32.9 Å². The summed E-state index contributed by atoms with van der Waals surface area (Å²) in [5.41, 5.74) is 4.85. The molecule has 0 spiro atoms. The van der Waals surface area contributed by atoms with E-state index < -0.39 is 18.1 Å². The lowest BCUT2D eigenvalue weighted by molar-refractivity contribution is -0.126. The van der Waals surface area contributed by atoms with E-state index in [0.717, 1.165) is 22.4 Å². The Bertz CT molecular complexity index is 1250. The number of amides is 2. The Morgan fingerprint density at radius 2 is 1.52 bits per heavy atom. The zero-order valence-corrected chi connectivity index (χ0v) is 19.9. The second-order valence-corrected chi connectivity index (χ2v) is 9.43. The van der Waals surface area contributed by atoms with E-state index in [2.05, 4.69) is 0 Å². The summed E-state index contributed by atoms with van der Waals surface area (Å²) in [4.78, 5) is 34.9. The SMILES string of the molecule is Cc1cc(C)c(N2C(=O)C3ON(c4ccccc4)C(c4ccc(Cl)cc4Cl)C3C2=O)c(C)c1. The molecule has 3 unspecified atom stereocenters. The second-order valence-electron chi connectivity index (χ2n) is 8.58. The Hall–Kier alpha value is -2.86. The molecule has 0 radical (unpaired) electrons. The Morgan fingerprint density at radius 1 is 0.848 bits per heavy atom. The Labute approximate surface area is 202 Å². The molecule has 0 aromatic heterocycles. The van der Waals surface area contributed by atoms with Crippen molar-refractivity contribution in [1.82, 2.24) is 0 Å². The molecule has 3 atom stereocenters. The largest absolute Gasteiger partial charge is 0.273 e. The van der Waals surface area contributed by atoms with Crippen LogP contribution in [-0.2, 0) is 14.4 Å². The topological polar surface area (TPSA) is 49.9 Å². The number of carbonyl (C=O) groups excluding carboxylic acids is 2. The number of anilines is 2. The lowest BCUT2D eigenvalue weighted by Crippen LogP contribution is -2.38. The standard InChI is InChI=1S/C26H22Cl2N2O3/c1-14-11-15(2)22(16(3)12-14)29-25(31)21-23(19-10-9-17(27)13-20(19)28)30(33-24(21)26(29)32)18-7-5-4-6-8-18/h4-13,21,23-24H,1-3H3. The van der Waals surface area contributed by atoms with Gasteiger partial charge in [-0.25, -0.2) is 9.96 Å². The number of imide groups is 1. The lowest BCUT2D eigenvalue weighted by Gasteiger charge is -2.30. The molecule has 0 aliphatic carbocycles. The molecule has 3 aromatic carbocycles. The lowest BCUT2D eigenvalue weighted by atomic mass is 9.90. The van der Waals surface area contributed by atoms with Gasteiger partial charge < -0.3 is 0 Å². The van der Waals surface area contributed by atoms with Gasteiger partial charge in [-0.05, 0) is 61.7 Å². The molecule has 2 aliphatic rings. The number of aryl methyl sites for hydroxylation is 3. The minimum atomic E-state index is -0.949. The van der Waals surface area contributed by atoms with Crippen molar-refractivity contribution in [2.24, 2.45) is 5.92 Å². The van der Waals surface area contributed by atoms with E-state index >= 15 is 0 Å². The Balaban J connectivity index is 1.64. The minimum Gasteiger partial charge on any atom is -0.273 e. The molecule has 0 bridgehead atoms. The van der Waals surface area contributed by atoms with E-state index in [1.165, 1.54) is 4.90 Å². The van der Waals surface area contributed by atoms with Gasteiger partial charge in [0.25, 0.3) is 5.91 Å². The third-order valence-electron chi connectivity index (χ3n) is 6.27. The van der Waals surface area contributed by atoms with Crippen molar-refractivity contribution in [3.8, 4) is 0 Å². The molecule has 2 saturated heterocycles. The third kappa shape index (κ3) is 3.52. The highest BCUT2D eigenvalue weighted by atomic mass is 35.5. The molecule has 7 heteroatoms. The van der Waals surface area contributed by atoms with Crippen LogP contribution in [0.5, 0.6) is 0 Å². The van der Waals surface area contributed by atoms with Crippen LogP contribution in [0.1, 0.15) is 28.3 Å². The predicted molar refractivity (Wildman–Crippen MR) is 130 cm³/mol. The highest BCUT2D eigenvalue weighted by Crippen LogP contribution is 2.49.